The van der Waals surface area contributed by atoms with E-state index in [9.17, 15) is 14.4 Å². The van der Waals surface area contributed by atoms with Crippen molar-refractivity contribution in [2.75, 3.05) is 11.9 Å². The first-order valence-corrected chi connectivity index (χ1v) is 10.5. The van der Waals surface area contributed by atoms with Crippen molar-refractivity contribution >= 4 is 34.8 Å². The van der Waals surface area contributed by atoms with Gasteiger partial charge in [0.2, 0.25) is 5.91 Å². The summed E-state index contributed by atoms with van der Waals surface area (Å²) in [4.78, 5) is 37.0. The van der Waals surface area contributed by atoms with Crippen molar-refractivity contribution in [3.8, 4) is 16.3 Å². The van der Waals surface area contributed by atoms with E-state index in [1.54, 1.807) is 6.07 Å². The van der Waals surface area contributed by atoms with Gasteiger partial charge >= 0.3 is 5.97 Å². The number of nitrogens with two attached hydrogens (primary N) is 1. The average molecular weight is 446 g/mol. The molecule has 0 aliphatic heterocycles. The van der Waals surface area contributed by atoms with Crippen molar-refractivity contribution in [3.05, 3.63) is 89.4 Å². The van der Waals surface area contributed by atoms with Crippen LogP contribution in [0.5, 0.6) is 0 Å². The first-order chi connectivity index (χ1) is 15.5. The predicted octanol–water partition coefficient (Wildman–Crippen LogP) is 3.50. The second-order valence-electron chi connectivity index (χ2n) is 6.71. The summed E-state index contributed by atoms with van der Waals surface area (Å²) in [5.74, 6) is -1.76. The molecular weight excluding hydrogens is 428 g/mol. The molecule has 2 aromatic carbocycles. The lowest BCUT2D eigenvalue weighted by atomic mass is 10.2. The second-order valence-corrected chi connectivity index (χ2v) is 7.65. The van der Waals surface area contributed by atoms with Gasteiger partial charge in [-0.2, -0.15) is 5.10 Å². The number of aromatic nitrogens is 2. The van der Waals surface area contributed by atoms with E-state index in [1.807, 2.05) is 47.8 Å². The molecule has 2 heterocycles. The number of carbonyl (C=O) groups excluding carboxylic acids is 3. The number of hydrogen-bond acceptors (Lipinski definition) is 6. The number of amides is 2. The number of hydrogen-bond donors (Lipinski definition) is 2. The maximum atomic E-state index is 12.8. The standard InChI is InChI=1S/C23H18N4O4S/c24-22(29)15-8-10-16(11-9-15)25-21(28)14-31-23(30)19-13-18(20-7-4-12-32-20)26-27(19)17-5-2-1-3-6-17/h1-13H,14H2,(H2,24,29)(H,25,28). The van der Waals surface area contributed by atoms with Crippen molar-refractivity contribution in [3.63, 3.8) is 0 Å². The van der Waals surface area contributed by atoms with Gasteiger partial charge in [-0.05, 0) is 47.8 Å². The molecule has 8 nitrogen and oxygen atoms in total. The molecule has 0 unspecified atom stereocenters. The fourth-order valence-corrected chi connectivity index (χ4v) is 3.64. The summed E-state index contributed by atoms with van der Waals surface area (Å²) in [6.07, 6.45) is 0. The molecule has 0 aliphatic rings. The van der Waals surface area contributed by atoms with Crippen LogP contribution >= 0.6 is 11.3 Å². The van der Waals surface area contributed by atoms with Crippen LogP contribution in [0.15, 0.2) is 78.2 Å². The third-order valence-electron chi connectivity index (χ3n) is 4.48. The van der Waals surface area contributed by atoms with Gasteiger partial charge in [-0.1, -0.05) is 24.3 Å². The molecule has 0 radical (unpaired) electrons. The Morgan fingerprint density at radius 2 is 1.75 bits per heavy atom. The Morgan fingerprint density at radius 3 is 2.41 bits per heavy atom. The molecule has 0 aliphatic carbocycles. The van der Waals surface area contributed by atoms with Gasteiger partial charge in [-0.25, -0.2) is 9.48 Å². The predicted molar refractivity (Wildman–Crippen MR) is 121 cm³/mol. The zero-order valence-electron chi connectivity index (χ0n) is 16.7. The van der Waals surface area contributed by atoms with E-state index in [4.69, 9.17) is 10.5 Å². The number of nitrogens with one attached hydrogen (secondary N) is 1. The molecule has 2 amide bonds. The third-order valence-corrected chi connectivity index (χ3v) is 5.37. The number of ether oxygens (including phenoxy) is 1. The van der Waals surface area contributed by atoms with Gasteiger partial charge < -0.3 is 15.8 Å². The van der Waals surface area contributed by atoms with Crippen LogP contribution in [-0.2, 0) is 9.53 Å². The Bertz CT molecular complexity index is 1250. The molecule has 0 spiro atoms. The van der Waals surface area contributed by atoms with Gasteiger partial charge in [-0.3, -0.25) is 9.59 Å². The summed E-state index contributed by atoms with van der Waals surface area (Å²) in [6.45, 7) is -0.481. The minimum atomic E-state index is -0.677. The molecule has 32 heavy (non-hydrogen) atoms. The second kappa shape index (κ2) is 9.27. The Labute approximate surface area is 187 Å². The molecule has 4 rings (SSSR count). The summed E-state index contributed by atoms with van der Waals surface area (Å²) in [5.41, 5.74) is 7.51. The van der Waals surface area contributed by atoms with Crippen molar-refractivity contribution < 1.29 is 19.1 Å². The molecule has 2 aromatic heterocycles. The zero-order valence-corrected chi connectivity index (χ0v) is 17.5. The number of esters is 1. The van der Waals surface area contributed by atoms with Crippen molar-refractivity contribution in [1.29, 1.82) is 0 Å². The van der Waals surface area contributed by atoms with Crippen LogP contribution in [-0.4, -0.2) is 34.2 Å². The summed E-state index contributed by atoms with van der Waals surface area (Å²) < 4.78 is 6.73. The molecular formula is C23H18N4O4S. The van der Waals surface area contributed by atoms with Crippen LogP contribution in [0.4, 0.5) is 5.69 Å². The van der Waals surface area contributed by atoms with Crippen LogP contribution < -0.4 is 11.1 Å². The van der Waals surface area contributed by atoms with Crippen LogP contribution in [0, 0.1) is 0 Å². The van der Waals surface area contributed by atoms with Crippen molar-refractivity contribution in [2.45, 2.75) is 0 Å². The molecule has 160 valence electrons. The minimum absolute atomic E-state index is 0.207. The lowest BCUT2D eigenvalue weighted by molar-refractivity contribution is -0.119. The molecule has 0 bridgehead atoms. The average Bonchev–Trinajstić information content (AvgIpc) is 3.48. The highest BCUT2D eigenvalue weighted by atomic mass is 32.1. The molecule has 9 heteroatoms. The summed E-state index contributed by atoms with van der Waals surface area (Å²) in [7, 11) is 0. The summed E-state index contributed by atoms with van der Waals surface area (Å²) >= 11 is 1.51. The maximum Gasteiger partial charge on any atom is 0.357 e. The number of primary amides is 1. The lowest BCUT2D eigenvalue weighted by Crippen LogP contribution is -2.22. The number of benzene rings is 2. The summed E-state index contributed by atoms with van der Waals surface area (Å²) in [5, 5.41) is 9.07. The van der Waals surface area contributed by atoms with Gasteiger partial charge in [0.25, 0.3) is 5.91 Å². The molecule has 0 fully saturated rings. The van der Waals surface area contributed by atoms with E-state index in [1.165, 1.54) is 40.3 Å². The third kappa shape index (κ3) is 4.73. The van der Waals surface area contributed by atoms with Crippen LogP contribution in [0.25, 0.3) is 16.3 Å². The number of anilines is 1. The Balaban J connectivity index is 1.47. The Hall–Kier alpha value is -4.24. The number of thiophene rings is 1. The Morgan fingerprint density at radius 1 is 1.00 bits per heavy atom. The fourth-order valence-electron chi connectivity index (χ4n) is 2.96. The van der Waals surface area contributed by atoms with E-state index in [0.29, 0.717) is 22.6 Å². The minimum Gasteiger partial charge on any atom is -0.451 e. The van der Waals surface area contributed by atoms with Crippen molar-refractivity contribution in [1.82, 2.24) is 9.78 Å². The lowest BCUT2D eigenvalue weighted by Gasteiger charge is -2.08. The zero-order chi connectivity index (χ0) is 22.5. The Kier molecular flexibility index (Phi) is 6.09. The van der Waals surface area contributed by atoms with Gasteiger partial charge in [-0.15, -0.1) is 11.3 Å². The highest BCUT2D eigenvalue weighted by Crippen LogP contribution is 2.26. The van der Waals surface area contributed by atoms with Gasteiger partial charge in [0.1, 0.15) is 5.69 Å². The molecule has 0 saturated heterocycles. The number of nitrogens with zero attached hydrogens (tertiary/aromatic N) is 2. The van der Waals surface area contributed by atoms with E-state index in [0.717, 1.165) is 4.88 Å². The van der Waals surface area contributed by atoms with E-state index in [-0.39, 0.29) is 5.69 Å². The first kappa shape index (κ1) is 21.0. The maximum absolute atomic E-state index is 12.8. The van der Waals surface area contributed by atoms with Gasteiger partial charge in [0.05, 0.1) is 10.6 Å². The van der Waals surface area contributed by atoms with E-state index < -0.39 is 24.4 Å². The largest absolute Gasteiger partial charge is 0.451 e. The molecule has 0 saturated carbocycles. The van der Waals surface area contributed by atoms with Crippen LogP contribution in [0.3, 0.4) is 0 Å². The normalized spacial score (nSPS) is 10.5. The van der Waals surface area contributed by atoms with Crippen molar-refractivity contribution in [2.24, 2.45) is 5.73 Å². The topological polar surface area (TPSA) is 116 Å². The summed E-state index contributed by atoms with van der Waals surface area (Å²) in [6, 6.07) is 20.7. The highest BCUT2D eigenvalue weighted by Gasteiger charge is 2.20. The monoisotopic (exact) mass is 446 g/mol. The molecule has 4 aromatic rings. The smallest absolute Gasteiger partial charge is 0.357 e. The molecule has 0 atom stereocenters. The SMILES string of the molecule is NC(=O)c1ccc(NC(=O)COC(=O)c2cc(-c3cccs3)nn2-c2ccccc2)cc1. The number of para-hydroxylation sites is 1. The molecule has 3 N–H and O–H groups in total. The number of rotatable bonds is 7. The van der Waals surface area contributed by atoms with E-state index >= 15 is 0 Å². The van der Waals surface area contributed by atoms with Gasteiger partial charge in [0.15, 0.2) is 12.3 Å². The fraction of sp³-hybridized carbons (Fsp3) is 0.0435. The first-order valence-electron chi connectivity index (χ1n) is 9.57. The van der Waals surface area contributed by atoms with Crippen LogP contribution in [0.2, 0.25) is 0 Å². The highest BCUT2D eigenvalue weighted by molar-refractivity contribution is 7.13. The quantitative estimate of drug-likeness (QED) is 0.422. The van der Waals surface area contributed by atoms with Crippen LogP contribution in [0.1, 0.15) is 20.8 Å². The van der Waals surface area contributed by atoms with Gasteiger partial charge in [0, 0.05) is 17.3 Å². The van der Waals surface area contributed by atoms with E-state index in [2.05, 4.69) is 10.4 Å². The number of carbonyl (C=O) groups is 3.